The molecule has 2 atom stereocenters. The predicted octanol–water partition coefficient (Wildman–Crippen LogP) is 2.69. The summed E-state index contributed by atoms with van der Waals surface area (Å²) in [5.74, 6) is 0. The maximum absolute atomic E-state index is 4.41. The lowest BCUT2D eigenvalue weighted by Gasteiger charge is -2.44. The minimum atomic E-state index is 0.558. The van der Waals surface area contributed by atoms with E-state index in [-0.39, 0.29) is 0 Å². The van der Waals surface area contributed by atoms with Crippen molar-refractivity contribution in [2.75, 3.05) is 13.1 Å². The summed E-state index contributed by atoms with van der Waals surface area (Å²) >= 11 is 3.50. The number of thiazole rings is 2. The molecule has 0 radical (unpaired) electrons. The summed E-state index contributed by atoms with van der Waals surface area (Å²) in [7, 11) is 0. The topological polar surface area (TPSA) is 32.3 Å². The molecule has 0 bridgehead atoms. The Balaban J connectivity index is 1.61. The van der Waals surface area contributed by atoms with E-state index in [0.29, 0.717) is 12.1 Å². The summed E-state index contributed by atoms with van der Waals surface area (Å²) in [4.78, 5) is 13.9. The fourth-order valence-electron chi connectivity index (χ4n) is 2.92. The van der Waals surface area contributed by atoms with E-state index in [9.17, 15) is 0 Å². The average Bonchev–Trinajstić information content (AvgIpc) is 3.06. The molecule has 0 unspecified atom stereocenters. The molecule has 2 aromatic rings. The van der Waals surface area contributed by atoms with E-state index in [1.54, 1.807) is 22.7 Å². The van der Waals surface area contributed by atoms with Gasteiger partial charge in [-0.15, -0.1) is 22.7 Å². The van der Waals surface area contributed by atoms with Gasteiger partial charge < -0.3 is 0 Å². The molecule has 20 heavy (non-hydrogen) atoms. The highest BCUT2D eigenvalue weighted by molar-refractivity contribution is 7.09. The van der Waals surface area contributed by atoms with E-state index in [2.05, 4.69) is 44.4 Å². The first-order valence-electron chi connectivity index (χ1n) is 6.97. The third-order valence-corrected chi connectivity index (χ3v) is 5.35. The quantitative estimate of drug-likeness (QED) is 0.869. The second-order valence-electron chi connectivity index (χ2n) is 5.42. The number of piperazine rings is 1. The van der Waals surface area contributed by atoms with Crippen molar-refractivity contribution in [3.8, 4) is 0 Å². The van der Waals surface area contributed by atoms with Gasteiger partial charge in [-0.3, -0.25) is 9.80 Å². The number of rotatable bonds is 4. The van der Waals surface area contributed by atoms with E-state index in [1.807, 2.05) is 12.4 Å². The smallest absolute Gasteiger partial charge is 0.107 e. The van der Waals surface area contributed by atoms with E-state index in [4.69, 9.17) is 0 Å². The lowest BCUT2D eigenvalue weighted by Crippen LogP contribution is -2.55. The van der Waals surface area contributed by atoms with E-state index in [0.717, 1.165) is 26.2 Å². The molecule has 6 heteroatoms. The number of aromatic nitrogens is 2. The summed E-state index contributed by atoms with van der Waals surface area (Å²) in [6.45, 7) is 8.81. The molecule has 0 spiro atoms. The number of hydrogen-bond acceptors (Lipinski definition) is 6. The Morgan fingerprint density at radius 3 is 2.05 bits per heavy atom. The summed E-state index contributed by atoms with van der Waals surface area (Å²) < 4.78 is 0. The molecule has 3 rings (SSSR count). The van der Waals surface area contributed by atoms with Crippen LogP contribution in [0, 0.1) is 0 Å². The van der Waals surface area contributed by atoms with Crippen molar-refractivity contribution >= 4 is 22.7 Å². The number of hydrogen-bond donors (Lipinski definition) is 0. The van der Waals surface area contributed by atoms with Gasteiger partial charge in [0, 0.05) is 48.3 Å². The monoisotopic (exact) mass is 308 g/mol. The van der Waals surface area contributed by atoms with Crippen LogP contribution in [0.4, 0.5) is 0 Å². The van der Waals surface area contributed by atoms with E-state index >= 15 is 0 Å². The molecule has 4 nitrogen and oxygen atoms in total. The zero-order valence-corrected chi connectivity index (χ0v) is 13.5. The average molecular weight is 308 g/mol. The van der Waals surface area contributed by atoms with Crippen molar-refractivity contribution in [1.29, 1.82) is 0 Å². The van der Waals surface area contributed by atoms with Gasteiger partial charge in [-0.25, -0.2) is 9.97 Å². The highest BCUT2D eigenvalue weighted by Gasteiger charge is 2.30. The van der Waals surface area contributed by atoms with Gasteiger partial charge in [0.25, 0.3) is 0 Å². The fourth-order valence-corrected chi connectivity index (χ4v) is 4.20. The van der Waals surface area contributed by atoms with Gasteiger partial charge in [0.2, 0.25) is 0 Å². The standard InChI is InChI=1S/C14H20N4S2/c1-11-7-17(9-13-15-3-5-19-13)8-12(2)18(11)10-14-16-4-6-20-14/h3-6,11-12H,7-10H2,1-2H3/t11-,12+. The summed E-state index contributed by atoms with van der Waals surface area (Å²) in [5.41, 5.74) is 0. The molecule has 0 N–H and O–H groups in total. The SMILES string of the molecule is C[C@@H]1CN(Cc2nccs2)C[C@H](C)N1Cc1nccs1. The second kappa shape index (κ2) is 6.30. The van der Waals surface area contributed by atoms with Gasteiger partial charge in [0.1, 0.15) is 10.0 Å². The van der Waals surface area contributed by atoms with Crippen molar-refractivity contribution in [2.45, 2.75) is 39.0 Å². The predicted molar refractivity (Wildman–Crippen MR) is 84.0 cm³/mol. The van der Waals surface area contributed by atoms with Crippen LogP contribution in [0.3, 0.4) is 0 Å². The van der Waals surface area contributed by atoms with Gasteiger partial charge in [-0.2, -0.15) is 0 Å². The first-order chi connectivity index (χ1) is 9.72. The van der Waals surface area contributed by atoms with Gasteiger partial charge in [-0.1, -0.05) is 0 Å². The minimum Gasteiger partial charge on any atom is -0.294 e. The summed E-state index contributed by atoms with van der Waals surface area (Å²) in [5, 5.41) is 6.56. The fraction of sp³-hybridized carbons (Fsp3) is 0.571. The van der Waals surface area contributed by atoms with Crippen LogP contribution in [0.2, 0.25) is 0 Å². The molecule has 1 fully saturated rings. The highest BCUT2D eigenvalue weighted by atomic mass is 32.1. The Morgan fingerprint density at radius 1 is 1.00 bits per heavy atom. The Hall–Kier alpha value is -0.820. The van der Waals surface area contributed by atoms with Crippen molar-refractivity contribution in [3.05, 3.63) is 33.2 Å². The zero-order chi connectivity index (χ0) is 13.9. The minimum absolute atomic E-state index is 0.558. The lowest BCUT2D eigenvalue weighted by molar-refractivity contribution is 0.0289. The molecule has 1 saturated heterocycles. The third kappa shape index (κ3) is 3.25. The Kier molecular flexibility index (Phi) is 4.45. The Bertz CT molecular complexity index is 499. The first kappa shape index (κ1) is 14.1. The molecule has 1 aliphatic rings. The molecule has 0 saturated carbocycles. The van der Waals surface area contributed by atoms with Crippen LogP contribution in [-0.2, 0) is 13.1 Å². The molecular formula is C14H20N4S2. The van der Waals surface area contributed by atoms with Crippen LogP contribution >= 0.6 is 22.7 Å². The van der Waals surface area contributed by atoms with Gasteiger partial charge in [0.15, 0.2) is 0 Å². The maximum atomic E-state index is 4.41. The lowest BCUT2D eigenvalue weighted by atomic mass is 10.1. The maximum Gasteiger partial charge on any atom is 0.107 e. The van der Waals surface area contributed by atoms with Crippen LogP contribution in [-0.4, -0.2) is 44.9 Å². The summed E-state index contributed by atoms with van der Waals surface area (Å²) in [6, 6.07) is 1.12. The molecular weight excluding hydrogens is 288 g/mol. The third-order valence-electron chi connectivity index (χ3n) is 3.82. The number of nitrogens with zero attached hydrogens (tertiary/aromatic N) is 4. The molecule has 0 aliphatic carbocycles. The Morgan fingerprint density at radius 2 is 1.55 bits per heavy atom. The Labute approximate surface area is 128 Å². The normalized spacial score (nSPS) is 25.1. The van der Waals surface area contributed by atoms with Gasteiger partial charge in [-0.05, 0) is 13.8 Å². The van der Waals surface area contributed by atoms with Crippen molar-refractivity contribution < 1.29 is 0 Å². The molecule has 1 aliphatic heterocycles. The van der Waals surface area contributed by atoms with E-state index in [1.165, 1.54) is 10.0 Å². The largest absolute Gasteiger partial charge is 0.294 e. The molecule has 108 valence electrons. The molecule has 0 amide bonds. The molecule has 0 aromatic carbocycles. The van der Waals surface area contributed by atoms with E-state index < -0.39 is 0 Å². The van der Waals surface area contributed by atoms with Gasteiger partial charge >= 0.3 is 0 Å². The van der Waals surface area contributed by atoms with Crippen LogP contribution in [0.1, 0.15) is 23.9 Å². The first-order valence-corrected chi connectivity index (χ1v) is 8.73. The molecule has 3 heterocycles. The van der Waals surface area contributed by atoms with Gasteiger partial charge in [0.05, 0.1) is 13.1 Å². The highest BCUT2D eigenvalue weighted by Crippen LogP contribution is 2.21. The van der Waals surface area contributed by atoms with Crippen LogP contribution in [0.25, 0.3) is 0 Å². The van der Waals surface area contributed by atoms with Crippen molar-refractivity contribution in [2.24, 2.45) is 0 Å². The molecule has 2 aromatic heterocycles. The van der Waals surface area contributed by atoms with Crippen molar-refractivity contribution in [1.82, 2.24) is 19.8 Å². The second-order valence-corrected chi connectivity index (χ2v) is 7.37. The van der Waals surface area contributed by atoms with Crippen LogP contribution in [0.15, 0.2) is 23.2 Å². The summed E-state index contributed by atoms with van der Waals surface area (Å²) in [6.07, 6.45) is 3.79. The van der Waals surface area contributed by atoms with Crippen LogP contribution in [0.5, 0.6) is 0 Å². The van der Waals surface area contributed by atoms with Crippen molar-refractivity contribution in [3.63, 3.8) is 0 Å². The van der Waals surface area contributed by atoms with Crippen LogP contribution < -0.4 is 0 Å². The zero-order valence-electron chi connectivity index (χ0n) is 11.9.